The molecule has 0 aromatic heterocycles. The Morgan fingerprint density at radius 3 is 1.97 bits per heavy atom. The Labute approximate surface area is 168 Å². The molecule has 160 valence electrons. The van der Waals surface area contributed by atoms with Crippen molar-refractivity contribution in [2.24, 2.45) is 0 Å². The van der Waals surface area contributed by atoms with E-state index in [0.717, 1.165) is 12.1 Å². The zero-order valence-electron chi connectivity index (χ0n) is 16.0. The number of nitrogens with zero attached hydrogens (tertiary/aromatic N) is 1. The van der Waals surface area contributed by atoms with Gasteiger partial charge < -0.3 is 0 Å². The molecular formula is C18H21F3N2O4S2. The third kappa shape index (κ3) is 5.09. The fourth-order valence-corrected chi connectivity index (χ4v) is 5.44. The Bertz CT molecular complexity index is 1080. The van der Waals surface area contributed by atoms with Gasteiger partial charge in [-0.1, -0.05) is 19.9 Å². The Morgan fingerprint density at radius 2 is 1.48 bits per heavy atom. The summed E-state index contributed by atoms with van der Waals surface area (Å²) in [5.74, 6) is 0. The van der Waals surface area contributed by atoms with Crippen LogP contribution in [0, 0.1) is 6.92 Å². The summed E-state index contributed by atoms with van der Waals surface area (Å²) in [6.07, 6.45) is -4.58. The lowest BCUT2D eigenvalue weighted by Gasteiger charge is -2.20. The molecule has 0 saturated carbocycles. The van der Waals surface area contributed by atoms with Crippen molar-refractivity contribution in [3.8, 4) is 0 Å². The topological polar surface area (TPSA) is 83.6 Å². The molecule has 6 nitrogen and oxygen atoms in total. The molecule has 0 aliphatic rings. The van der Waals surface area contributed by atoms with Crippen LogP contribution in [0.2, 0.25) is 0 Å². The van der Waals surface area contributed by atoms with E-state index in [9.17, 15) is 30.0 Å². The molecular weight excluding hydrogens is 429 g/mol. The van der Waals surface area contributed by atoms with Gasteiger partial charge in [0.25, 0.3) is 10.0 Å². The molecule has 0 unspecified atom stereocenters. The normalized spacial score (nSPS) is 12.9. The number of halogens is 3. The predicted octanol–water partition coefficient (Wildman–Crippen LogP) is 3.85. The first-order valence-electron chi connectivity index (χ1n) is 8.63. The fraction of sp³-hybridized carbons (Fsp3) is 0.333. The molecule has 2 aromatic carbocycles. The number of aryl methyl sites for hydroxylation is 1. The molecule has 2 aromatic rings. The summed E-state index contributed by atoms with van der Waals surface area (Å²) in [6.45, 7) is 5.46. The van der Waals surface area contributed by atoms with E-state index in [2.05, 4.69) is 4.72 Å². The van der Waals surface area contributed by atoms with Gasteiger partial charge in [-0.05, 0) is 48.9 Å². The van der Waals surface area contributed by atoms with Gasteiger partial charge in [-0.2, -0.15) is 17.5 Å². The largest absolute Gasteiger partial charge is 0.416 e. The highest BCUT2D eigenvalue weighted by Gasteiger charge is 2.31. The fourth-order valence-electron chi connectivity index (χ4n) is 2.68. The molecule has 0 saturated heterocycles. The lowest BCUT2D eigenvalue weighted by Crippen LogP contribution is -2.31. The average Bonchev–Trinajstić information content (AvgIpc) is 2.63. The van der Waals surface area contributed by atoms with Gasteiger partial charge in [0.2, 0.25) is 10.0 Å². The number of benzene rings is 2. The van der Waals surface area contributed by atoms with Gasteiger partial charge in [0.1, 0.15) is 0 Å². The SMILES string of the molecule is CCN(CC)S(=O)(=O)c1cc(NS(=O)(=O)c2ccc(C(F)(F)F)cc2)ccc1C. The van der Waals surface area contributed by atoms with Crippen molar-refractivity contribution in [3.63, 3.8) is 0 Å². The Morgan fingerprint density at radius 1 is 0.931 bits per heavy atom. The number of rotatable bonds is 7. The van der Waals surface area contributed by atoms with E-state index < -0.39 is 31.8 Å². The van der Waals surface area contributed by atoms with E-state index in [4.69, 9.17) is 0 Å². The molecule has 11 heteroatoms. The Hall–Kier alpha value is -2.11. The van der Waals surface area contributed by atoms with Gasteiger partial charge in [0, 0.05) is 13.1 Å². The van der Waals surface area contributed by atoms with Crippen LogP contribution in [-0.4, -0.2) is 34.2 Å². The number of hydrogen-bond donors (Lipinski definition) is 1. The van der Waals surface area contributed by atoms with Crippen LogP contribution < -0.4 is 4.72 Å². The molecule has 0 fully saturated rings. The average molecular weight is 451 g/mol. The van der Waals surface area contributed by atoms with E-state index in [-0.39, 0.29) is 28.6 Å². The molecule has 0 bridgehead atoms. The second kappa shape index (κ2) is 8.33. The second-order valence-electron chi connectivity index (χ2n) is 6.20. The lowest BCUT2D eigenvalue weighted by molar-refractivity contribution is -0.137. The van der Waals surface area contributed by atoms with Crippen LogP contribution in [0.5, 0.6) is 0 Å². The Balaban J connectivity index is 2.39. The zero-order chi connectivity index (χ0) is 22.0. The first-order chi connectivity index (χ1) is 13.3. The molecule has 0 radical (unpaired) electrons. The predicted molar refractivity (Wildman–Crippen MR) is 104 cm³/mol. The van der Waals surface area contributed by atoms with Gasteiger partial charge in [-0.3, -0.25) is 4.72 Å². The van der Waals surface area contributed by atoms with E-state index in [0.29, 0.717) is 17.7 Å². The summed E-state index contributed by atoms with van der Waals surface area (Å²) in [7, 11) is -8.03. The minimum Gasteiger partial charge on any atom is -0.280 e. The molecule has 0 heterocycles. The maximum Gasteiger partial charge on any atom is 0.416 e. The Kier molecular flexibility index (Phi) is 6.65. The standard InChI is InChI=1S/C18H21F3N2O4S2/c1-4-23(5-2)29(26,27)17-12-15(9-6-13(17)3)22-28(24,25)16-10-7-14(8-11-16)18(19,20)21/h6-12,22H,4-5H2,1-3H3. The lowest BCUT2D eigenvalue weighted by atomic mass is 10.2. The van der Waals surface area contributed by atoms with Crippen LogP contribution in [0.4, 0.5) is 18.9 Å². The number of nitrogens with one attached hydrogen (secondary N) is 1. The van der Waals surface area contributed by atoms with E-state index in [1.807, 2.05) is 0 Å². The molecule has 0 spiro atoms. The van der Waals surface area contributed by atoms with Crippen molar-refractivity contribution in [3.05, 3.63) is 53.6 Å². The summed E-state index contributed by atoms with van der Waals surface area (Å²) < 4.78 is 92.0. The van der Waals surface area contributed by atoms with E-state index in [1.165, 1.54) is 22.5 Å². The van der Waals surface area contributed by atoms with Crippen LogP contribution >= 0.6 is 0 Å². The first-order valence-corrected chi connectivity index (χ1v) is 11.6. The highest BCUT2D eigenvalue weighted by atomic mass is 32.2. The van der Waals surface area contributed by atoms with Gasteiger partial charge in [0.05, 0.1) is 21.0 Å². The maximum absolute atomic E-state index is 12.8. The van der Waals surface area contributed by atoms with Gasteiger partial charge in [-0.15, -0.1) is 0 Å². The van der Waals surface area contributed by atoms with E-state index >= 15 is 0 Å². The van der Waals surface area contributed by atoms with Crippen molar-refractivity contribution >= 4 is 25.7 Å². The van der Waals surface area contributed by atoms with Crippen molar-refractivity contribution in [2.45, 2.75) is 36.7 Å². The number of sulfonamides is 2. The van der Waals surface area contributed by atoms with Gasteiger partial charge in [-0.25, -0.2) is 16.8 Å². The highest BCUT2D eigenvalue weighted by molar-refractivity contribution is 7.92. The van der Waals surface area contributed by atoms with Crippen molar-refractivity contribution in [1.82, 2.24) is 4.31 Å². The number of anilines is 1. The number of alkyl halides is 3. The monoisotopic (exact) mass is 450 g/mol. The van der Waals surface area contributed by atoms with Crippen LogP contribution in [0.15, 0.2) is 52.3 Å². The van der Waals surface area contributed by atoms with Gasteiger partial charge >= 0.3 is 6.18 Å². The summed E-state index contributed by atoms with van der Waals surface area (Å²) in [5, 5.41) is 0. The summed E-state index contributed by atoms with van der Waals surface area (Å²) in [6, 6.07) is 7.06. The van der Waals surface area contributed by atoms with Crippen LogP contribution in [0.1, 0.15) is 25.0 Å². The molecule has 0 aliphatic carbocycles. The molecule has 0 atom stereocenters. The van der Waals surface area contributed by atoms with E-state index in [1.54, 1.807) is 20.8 Å². The van der Waals surface area contributed by atoms with Crippen molar-refractivity contribution in [1.29, 1.82) is 0 Å². The molecule has 0 aliphatic heterocycles. The highest BCUT2D eigenvalue weighted by Crippen LogP contribution is 2.30. The molecule has 0 amide bonds. The van der Waals surface area contributed by atoms with Crippen molar-refractivity contribution < 1.29 is 30.0 Å². The van der Waals surface area contributed by atoms with Crippen LogP contribution in [-0.2, 0) is 26.2 Å². The van der Waals surface area contributed by atoms with Gasteiger partial charge in [0.15, 0.2) is 0 Å². The van der Waals surface area contributed by atoms with Crippen LogP contribution in [0.25, 0.3) is 0 Å². The van der Waals surface area contributed by atoms with Crippen molar-refractivity contribution in [2.75, 3.05) is 17.8 Å². The third-order valence-corrected chi connectivity index (χ3v) is 7.84. The van der Waals surface area contributed by atoms with Crippen LogP contribution in [0.3, 0.4) is 0 Å². The maximum atomic E-state index is 12.8. The summed E-state index contributed by atoms with van der Waals surface area (Å²) in [5.41, 5.74) is -0.546. The third-order valence-electron chi connectivity index (χ3n) is 4.26. The molecule has 1 N–H and O–H groups in total. The molecule has 2 rings (SSSR count). The summed E-state index contributed by atoms with van der Waals surface area (Å²) in [4.78, 5) is -0.423. The smallest absolute Gasteiger partial charge is 0.280 e. The summed E-state index contributed by atoms with van der Waals surface area (Å²) >= 11 is 0. The minimum absolute atomic E-state index is 0.0128. The first kappa shape index (κ1) is 23.2. The zero-order valence-corrected chi connectivity index (χ0v) is 17.6. The minimum atomic E-state index is -4.58. The molecule has 29 heavy (non-hydrogen) atoms. The quantitative estimate of drug-likeness (QED) is 0.695. The second-order valence-corrected chi connectivity index (χ2v) is 9.79. The number of hydrogen-bond acceptors (Lipinski definition) is 4.